The number of nitrogen functional groups attached to an aromatic ring is 1. The summed E-state index contributed by atoms with van der Waals surface area (Å²) in [5.41, 5.74) is 4.21. The van der Waals surface area contributed by atoms with Crippen LogP contribution in [0.2, 0.25) is 0 Å². The largest absolute Gasteiger partial charge is 0.460 e. The predicted molar refractivity (Wildman–Crippen MR) is 89.4 cm³/mol. The third-order valence-electron chi connectivity index (χ3n) is 5.24. The van der Waals surface area contributed by atoms with Crippen LogP contribution in [0.25, 0.3) is 11.2 Å². The molecule has 0 amide bonds. The summed E-state index contributed by atoms with van der Waals surface area (Å²) in [4.78, 5) is 12.5. The highest BCUT2D eigenvalue weighted by molar-refractivity contribution is 5.82. The summed E-state index contributed by atoms with van der Waals surface area (Å²) in [6.45, 7) is -2.59. The smallest absolute Gasteiger partial charge is 0.320 e. The first-order chi connectivity index (χ1) is 13.0. The molecule has 1 saturated heterocycles. The lowest BCUT2D eigenvalue weighted by molar-refractivity contribution is -0.123. The summed E-state index contributed by atoms with van der Waals surface area (Å²) in [6, 6.07) is 0.0592. The van der Waals surface area contributed by atoms with E-state index in [-0.39, 0.29) is 29.1 Å². The van der Waals surface area contributed by atoms with E-state index in [1.54, 1.807) is 0 Å². The van der Waals surface area contributed by atoms with Crippen molar-refractivity contribution in [3.05, 3.63) is 6.33 Å². The van der Waals surface area contributed by atoms with E-state index in [9.17, 15) is 19.0 Å². The van der Waals surface area contributed by atoms with Crippen LogP contribution in [0.4, 0.5) is 14.6 Å². The topological polar surface area (TPSA) is 129 Å². The molecule has 2 aromatic heterocycles. The lowest BCUT2D eigenvalue weighted by Gasteiger charge is -2.25. The van der Waals surface area contributed by atoms with Gasteiger partial charge in [-0.1, -0.05) is 0 Å². The number of halogens is 2. The van der Waals surface area contributed by atoms with Gasteiger partial charge in [0.1, 0.15) is 31.7 Å². The maximum Gasteiger partial charge on any atom is 0.320 e. The monoisotopic (exact) mass is 385 g/mol. The molecular weight excluding hydrogens is 364 g/mol. The number of aromatic nitrogens is 4. The number of hydrogen-bond donors (Lipinski definition) is 3. The lowest BCUT2D eigenvalue weighted by atomic mass is 9.98. The SMILES string of the molecule is Nc1nc(OC2CCCC2)nc2c1ncn2[C@@H]1OC(CF)(CF)[C@@H](O)[C@H]1O. The van der Waals surface area contributed by atoms with Crippen molar-refractivity contribution in [2.75, 3.05) is 19.1 Å². The first-order valence-electron chi connectivity index (χ1n) is 8.81. The molecule has 0 aromatic carbocycles. The average Bonchev–Trinajstić information content (AvgIpc) is 3.37. The molecule has 2 aromatic rings. The van der Waals surface area contributed by atoms with Gasteiger partial charge in [-0.2, -0.15) is 9.97 Å². The summed E-state index contributed by atoms with van der Waals surface area (Å²) >= 11 is 0. The molecule has 0 spiro atoms. The number of fused-ring (bicyclic) bond motifs is 1. The van der Waals surface area contributed by atoms with Gasteiger partial charge in [0.15, 0.2) is 28.8 Å². The van der Waals surface area contributed by atoms with Gasteiger partial charge in [0.05, 0.1) is 6.33 Å². The molecular formula is C16H21F2N5O4. The number of ether oxygens (including phenoxy) is 2. The van der Waals surface area contributed by atoms with Crippen LogP contribution in [0, 0.1) is 0 Å². The number of aliphatic hydroxyl groups excluding tert-OH is 2. The van der Waals surface area contributed by atoms with Crippen molar-refractivity contribution < 1.29 is 28.5 Å². The van der Waals surface area contributed by atoms with E-state index in [4.69, 9.17) is 15.2 Å². The van der Waals surface area contributed by atoms with Crippen molar-refractivity contribution in [3.8, 4) is 6.01 Å². The molecule has 4 N–H and O–H groups in total. The molecule has 3 heterocycles. The van der Waals surface area contributed by atoms with Crippen LogP contribution < -0.4 is 10.5 Å². The normalized spacial score (nSPS) is 28.2. The molecule has 1 aliphatic carbocycles. The number of hydrogen-bond acceptors (Lipinski definition) is 8. The van der Waals surface area contributed by atoms with Crippen LogP contribution in [-0.4, -0.2) is 67.0 Å². The maximum atomic E-state index is 13.3. The van der Waals surface area contributed by atoms with E-state index < -0.39 is 37.4 Å². The van der Waals surface area contributed by atoms with Crippen LogP contribution in [0.1, 0.15) is 31.9 Å². The Hall–Kier alpha value is -2.11. The highest BCUT2D eigenvalue weighted by atomic mass is 19.1. The van der Waals surface area contributed by atoms with Gasteiger partial charge < -0.3 is 25.4 Å². The van der Waals surface area contributed by atoms with E-state index in [0.717, 1.165) is 25.7 Å². The van der Waals surface area contributed by atoms with Crippen LogP contribution in [0.3, 0.4) is 0 Å². The minimum Gasteiger partial charge on any atom is -0.460 e. The van der Waals surface area contributed by atoms with E-state index in [1.165, 1.54) is 10.9 Å². The molecule has 1 aliphatic heterocycles. The van der Waals surface area contributed by atoms with Gasteiger partial charge in [0, 0.05) is 0 Å². The van der Waals surface area contributed by atoms with Gasteiger partial charge >= 0.3 is 6.01 Å². The van der Waals surface area contributed by atoms with Crippen LogP contribution in [-0.2, 0) is 4.74 Å². The van der Waals surface area contributed by atoms with Crippen LogP contribution in [0.15, 0.2) is 6.33 Å². The van der Waals surface area contributed by atoms with Crippen LogP contribution in [0.5, 0.6) is 6.01 Å². The lowest BCUT2D eigenvalue weighted by Crippen LogP contribution is -2.47. The maximum absolute atomic E-state index is 13.3. The zero-order chi connectivity index (χ0) is 19.2. The summed E-state index contributed by atoms with van der Waals surface area (Å²) in [6.07, 6.45) is 0.572. The molecule has 9 nitrogen and oxygen atoms in total. The van der Waals surface area contributed by atoms with Gasteiger partial charge in [0.25, 0.3) is 0 Å². The van der Waals surface area contributed by atoms with Gasteiger partial charge in [0.2, 0.25) is 0 Å². The van der Waals surface area contributed by atoms with Gasteiger partial charge in [-0.3, -0.25) is 4.57 Å². The Morgan fingerprint density at radius 2 is 1.96 bits per heavy atom. The zero-order valence-electron chi connectivity index (χ0n) is 14.5. The molecule has 0 radical (unpaired) electrons. The fourth-order valence-electron chi connectivity index (χ4n) is 3.64. The number of alkyl halides is 2. The Morgan fingerprint density at radius 1 is 1.26 bits per heavy atom. The zero-order valence-corrected chi connectivity index (χ0v) is 14.5. The Bertz CT molecular complexity index is 824. The highest BCUT2D eigenvalue weighted by Crippen LogP contribution is 2.39. The Kier molecular flexibility index (Phi) is 4.60. The van der Waals surface area contributed by atoms with E-state index in [2.05, 4.69) is 15.0 Å². The first kappa shape index (κ1) is 18.3. The third kappa shape index (κ3) is 2.89. The molecule has 148 valence electrons. The molecule has 2 fully saturated rings. The fraction of sp³-hybridized carbons (Fsp3) is 0.688. The molecule has 27 heavy (non-hydrogen) atoms. The minimum absolute atomic E-state index is 0.000843. The number of aliphatic hydroxyl groups is 2. The summed E-state index contributed by atoms with van der Waals surface area (Å²) in [5, 5.41) is 20.4. The second-order valence-corrected chi connectivity index (χ2v) is 7.02. The Morgan fingerprint density at radius 3 is 2.59 bits per heavy atom. The number of imidazole rings is 1. The molecule has 2 aliphatic rings. The minimum atomic E-state index is -2.14. The van der Waals surface area contributed by atoms with Crippen molar-refractivity contribution in [2.45, 2.75) is 55.8 Å². The van der Waals surface area contributed by atoms with Crippen molar-refractivity contribution in [1.82, 2.24) is 19.5 Å². The van der Waals surface area contributed by atoms with E-state index in [0.29, 0.717) is 0 Å². The average molecular weight is 385 g/mol. The van der Waals surface area contributed by atoms with Crippen molar-refractivity contribution in [1.29, 1.82) is 0 Å². The van der Waals surface area contributed by atoms with Gasteiger partial charge in [-0.25, -0.2) is 13.8 Å². The second kappa shape index (κ2) is 6.80. The Labute approximate surface area is 153 Å². The number of nitrogens with zero attached hydrogens (tertiary/aromatic N) is 4. The number of rotatable bonds is 5. The molecule has 0 bridgehead atoms. The Balaban J connectivity index is 1.70. The van der Waals surface area contributed by atoms with Crippen molar-refractivity contribution in [3.63, 3.8) is 0 Å². The van der Waals surface area contributed by atoms with E-state index >= 15 is 0 Å². The van der Waals surface area contributed by atoms with Crippen molar-refractivity contribution >= 4 is 17.0 Å². The standard InChI is InChI=1S/C16H21F2N5O4/c17-5-16(6-18)11(25)10(24)14(27-16)23-7-20-9-12(19)21-15(22-13(9)23)26-8-3-1-2-4-8/h7-8,10-11,14,24-25H,1-6H2,(H2,19,21,22)/t10-,11+,14-/m1/s1. The van der Waals surface area contributed by atoms with Crippen LogP contribution >= 0.6 is 0 Å². The number of nitrogens with two attached hydrogens (primary N) is 1. The highest BCUT2D eigenvalue weighted by Gasteiger charge is 2.55. The second-order valence-electron chi connectivity index (χ2n) is 7.02. The fourth-order valence-corrected chi connectivity index (χ4v) is 3.64. The third-order valence-corrected chi connectivity index (χ3v) is 5.24. The summed E-state index contributed by atoms with van der Waals surface area (Å²) in [7, 11) is 0. The number of anilines is 1. The quantitative estimate of drug-likeness (QED) is 0.685. The van der Waals surface area contributed by atoms with Gasteiger partial charge in [-0.15, -0.1) is 0 Å². The molecule has 3 atom stereocenters. The molecule has 11 heteroatoms. The molecule has 1 saturated carbocycles. The van der Waals surface area contributed by atoms with E-state index in [1.807, 2.05) is 0 Å². The summed E-state index contributed by atoms with van der Waals surface area (Å²) in [5.74, 6) is 0.0713. The predicted octanol–water partition coefficient (Wildman–Crippen LogP) is 0.658. The summed E-state index contributed by atoms with van der Waals surface area (Å²) < 4.78 is 39.1. The first-order valence-corrected chi connectivity index (χ1v) is 8.81. The van der Waals surface area contributed by atoms with Gasteiger partial charge in [-0.05, 0) is 25.7 Å². The van der Waals surface area contributed by atoms with Crippen molar-refractivity contribution in [2.24, 2.45) is 0 Å². The molecule has 0 unspecified atom stereocenters. The molecule has 4 rings (SSSR count).